The van der Waals surface area contributed by atoms with Gasteiger partial charge in [0.2, 0.25) is 0 Å². The van der Waals surface area contributed by atoms with Crippen LogP contribution < -0.4 is 0 Å². The van der Waals surface area contributed by atoms with Crippen LogP contribution >= 0.6 is 0 Å². The number of ether oxygens (including phenoxy) is 2. The molecule has 2 fully saturated rings. The van der Waals surface area contributed by atoms with Crippen LogP contribution in [0.15, 0.2) is 35.9 Å². The van der Waals surface area contributed by atoms with Crippen molar-refractivity contribution in [3.63, 3.8) is 0 Å². The van der Waals surface area contributed by atoms with Crippen LogP contribution in [0, 0.1) is 0 Å². The highest BCUT2D eigenvalue weighted by Crippen LogP contribution is 2.41. The Morgan fingerprint density at radius 1 is 0.711 bits per heavy atom. The van der Waals surface area contributed by atoms with E-state index in [1.54, 1.807) is 6.08 Å². The number of esters is 2. The normalized spacial score (nSPS) is 23.4. The van der Waals surface area contributed by atoms with Gasteiger partial charge >= 0.3 is 11.9 Å². The van der Waals surface area contributed by atoms with Crippen LogP contribution in [0.5, 0.6) is 0 Å². The molecular formula is C32H50N2O4. The Kier molecular flexibility index (Phi) is 8.89. The average Bonchev–Trinajstić information content (AvgIpc) is 2.75. The Bertz CT molecular complexity index is 929. The van der Waals surface area contributed by atoms with Crippen LogP contribution in [0.2, 0.25) is 0 Å². The van der Waals surface area contributed by atoms with Gasteiger partial charge in [-0.3, -0.25) is 9.80 Å². The molecule has 0 amide bonds. The highest BCUT2D eigenvalue weighted by molar-refractivity contribution is 6.17. The van der Waals surface area contributed by atoms with Crippen molar-refractivity contribution in [3.8, 4) is 0 Å². The van der Waals surface area contributed by atoms with Crippen LogP contribution in [0.3, 0.4) is 0 Å². The summed E-state index contributed by atoms with van der Waals surface area (Å²) in [6.45, 7) is 23.7. The molecule has 1 aromatic carbocycles. The van der Waals surface area contributed by atoms with Crippen molar-refractivity contribution in [2.45, 2.75) is 129 Å². The van der Waals surface area contributed by atoms with Gasteiger partial charge in [0, 0.05) is 47.8 Å². The van der Waals surface area contributed by atoms with Gasteiger partial charge in [0.15, 0.2) is 0 Å². The number of carbonyl (C=O) groups excluding carboxylic acids is 2. The van der Waals surface area contributed by atoms with E-state index in [-0.39, 0.29) is 39.9 Å². The molecule has 2 aliphatic heterocycles. The zero-order chi connectivity index (χ0) is 28.5. The fraction of sp³-hybridized carbons (Fsp3) is 0.688. The summed E-state index contributed by atoms with van der Waals surface area (Å²) >= 11 is 0. The third kappa shape index (κ3) is 6.69. The molecule has 0 N–H and O–H groups in total. The molecule has 0 saturated carbocycles. The fourth-order valence-electron chi connectivity index (χ4n) is 7.68. The predicted molar refractivity (Wildman–Crippen MR) is 154 cm³/mol. The number of carbonyl (C=O) groups is 2. The van der Waals surface area contributed by atoms with Crippen molar-refractivity contribution in [3.05, 3.63) is 41.5 Å². The first-order chi connectivity index (χ1) is 17.5. The number of benzene rings is 1. The summed E-state index contributed by atoms with van der Waals surface area (Å²) in [7, 11) is 0. The van der Waals surface area contributed by atoms with E-state index in [1.165, 1.54) is 0 Å². The van der Waals surface area contributed by atoms with Gasteiger partial charge in [-0.25, -0.2) is 9.59 Å². The molecule has 3 rings (SSSR count). The van der Waals surface area contributed by atoms with Gasteiger partial charge < -0.3 is 9.47 Å². The van der Waals surface area contributed by atoms with Crippen LogP contribution in [-0.2, 0) is 19.1 Å². The second-order valence-electron chi connectivity index (χ2n) is 13.6. The molecule has 38 heavy (non-hydrogen) atoms. The van der Waals surface area contributed by atoms with Gasteiger partial charge in [0.05, 0.1) is 0 Å². The molecule has 2 saturated heterocycles. The van der Waals surface area contributed by atoms with Crippen LogP contribution in [0.4, 0.5) is 0 Å². The zero-order valence-electron chi connectivity index (χ0n) is 25.4. The van der Waals surface area contributed by atoms with Gasteiger partial charge in [0.25, 0.3) is 0 Å². The molecule has 2 aliphatic rings. The molecule has 0 unspecified atom stereocenters. The van der Waals surface area contributed by atoms with Crippen molar-refractivity contribution >= 4 is 18.0 Å². The second kappa shape index (κ2) is 11.1. The SMILES string of the molecule is CCN1C(C)(C)CC(OC(=O)C(=Cc2ccccc2)C(=O)OC2CC(C)(C)N(CC)C(C)(C)C2)CC1(C)C. The van der Waals surface area contributed by atoms with Crippen LogP contribution in [-0.4, -0.2) is 69.2 Å². The first-order valence-electron chi connectivity index (χ1n) is 14.3. The van der Waals surface area contributed by atoms with Crippen molar-refractivity contribution in [1.29, 1.82) is 0 Å². The first-order valence-corrected chi connectivity index (χ1v) is 14.3. The molecule has 0 bridgehead atoms. The first kappa shape index (κ1) is 30.4. The van der Waals surface area contributed by atoms with Gasteiger partial charge in [-0.05, 0) is 80.1 Å². The number of likely N-dealkylation sites (tertiary alicyclic amines) is 2. The lowest BCUT2D eigenvalue weighted by atomic mass is 9.78. The highest BCUT2D eigenvalue weighted by Gasteiger charge is 2.47. The Labute approximate surface area is 230 Å². The third-order valence-corrected chi connectivity index (χ3v) is 8.56. The molecule has 6 heteroatoms. The van der Waals surface area contributed by atoms with Gasteiger partial charge in [-0.2, -0.15) is 0 Å². The lowest BCUT2D eigenvalue weighted by Gasteiger charge is -2.54. The number of nitrogens with zero attached hydrogens (tertiary/aromatic N) is 2. The standard InChI is InChI=1S/C32H50N2O4/c1-11-33-29(3,4)19-24(20-30(33,5)6)37-27(35)26(18-23-16-14-13-15-17-23)28(36)38-25-21-31(7,8)34(12-2)32(9,10)22-25/h13-18,24-25H,11-12,19-22H2,1-10H3. The molecule has 0 atom stereocenters. The summed E-state index contributed by atoms with van der Waals surface area (Å²) in [6, 6.07) is 9.43. The largest absolute Gasteiger partial charge is 0.458 e. The topological polar surface area (TPSA) is 59.1 Å². The van der Waals surface area contributed by atoms with Crippen molar-refractivity contribution in [2.24, 2.45) is 0 Å². The molecular weight excluding hydrogens is 476 g/mol. The Balaban J connectivity index is 1.84. The fourth-order valence-corrected chi connectivity index (χ4v) is 7.68. The monoisotopic (exact) mass is 526 g/mol. The van der Waals surface area contributed by atoms with E-state index in [4.69, 9.17) is 9.47 Å². The Morgan fingerprint density at radius 2 is 1.05 bits per heavy atom. The molecule has 1 aromatic rings. The number of rotatable bonds is 7. The minimum Gasteiger partial charge on any atom is -0.458 e. The summed E-state index contributed by atoms with van der Waals surface area (Å²) in [5.41, 5.74) is 0.203. The van der Waals surface area contributed by atoms with Crippen molar-refractivity contribution in [2.75, 3.05) is 13.1 Å². The van der Waals surface area contributed by atoms with E-state index in [2.05, 4.69) is 79.0 Å². The third-order valence-electron chi connectivity index (χ3n) is 8.56. The minimum absolute atomic E-state index is 0.0433. The number of hydrogen-bond acceptors (Lipinski definition) is 6. The number of piperidine rings is 2. The maximum Gasteiger partial charge on any atom is 0.345 e. The summed E-state index contributed by atoms with van der Waals surface area (Å²) < 4.78 is 12.1. The lowest BCUT2D eigenvalue weighted by Crippen LogP contribution is -2.62. The van der Waals surface area contributed by atoms with E-state index in [0.717, 1.165) is 18.7 Å². The maximum atomic E-state index is 13.6. The van der Waals surface area contributed by atoms with Crippen molar-refractivity contribution < 1.29 is 19.1 Å². The Hall–Kier alpha value is -2.18. The van der Waals surface area contributed by atoms with Crippen LogP contribution in [0.25, 0.3) is 6.08 Å². The smallest absolute Gasteiger partial charge is 0.345 e. The van der Waals surface area contributed by atoms with Gasteiger partial charge in [-0.15, -0.1) is 0 Å². The average molecular weight is 527 g/mol. The van der Waals surface area contributed by atoms with Gasteiger partial charge in [0.1, 0.15) is 17.8 Å². The second-order valence-corrected chi connectivity index (χ2v) is 13.6. The number of hydrogen-bond donors (Lipinski definition) is 0. The van der Waals surface area contributed by atoms with E-state index >= 15 is 0 Å². The highest BCUT2D eigenvalue weighted by atomic mass is 16.6. The molecule has 212 valence electrons. The molecule has 0 radical (unpaired) electrons. The summed E-state index contributed by atoms with van der Waals surface area (Å²) in [4.78, 5) is 32.2. The van der Waals surface area contributed by atoms with E-state index in [9.17, 15) is 9.59 Å². The predicted octanol–water partition coefficient (Wildman–Crippen LogP) is 6.24. The summed E-state index contributed by atoms with van der Waals surface area (Å²) in [6.07, 6.45) is 3.88. The molecule has 6 nitrogen and oxygen atoms in total. The van der Waals surface area contributed by atoms with Crippen LogP contribution in [0.1, 0.15) is 100 Å². The molecule has 0 spiro atoms. The van der Waals surface area contributed by atoms with Crippen molar-refractivity contribution in [1.82, 2.24) is 9.80 Å². The minimum atomic E-state index is -0.607. The lowest BCUT2D eigenvalue weighted by molar-refractivity contribution is -0.163. The zero-order valence-corrected chi connectivity index (χ0v) is 25.4. The molecule has 0 aromatic heterocycles. The summed E-state index contributed by atoms with van der Waals surface area (Å²) in [5.74, 6) is -1.21. The molecule has 2 heterocycles. The van der Waals surface area contributed by atoms with E-state index < -0.39 is 11.9 Å². The molecule has 0 aliphatic carbocycles. The maximum absolute atomic E-state index is 13.6. The Morgan fingerprint density at radius 3 is 1.37 bits per heavy atom. The van der Waals surface area contributed by atoms with E-state index in [0.29, 0.717) is 25.7 Å². The quantitative estimate of drug-likeness (QED) is 0.181. The summed E-state index contributed by atoms with van der Waals surface area (Å²) in [5, 5.41) is 0. The van der Waals surface area contributed by atoms with E-state index in [1.807, 2.05) is 30.3 Å². The van der Waals surface area contributed by atoms with Gasteiger partial charge in [-0.1, -0.05) is 44.2 Å².